The molecular weight excluding hydrogens is 515 g/mol. The Morgan fingerprint density at radius 2 is 1.88 bits per heavy atom. The molecule has 6 atom stereocenters. The molecule has 1 aromatic carbocycles. The number of fused-ring (bicyclic) bond motifs is 1. The highest BCUT2D eigenvalue weighted by atomic mass is 127. The summed E-state index contributed by atoms with van der Waals surface area (Å²) < 4.78 is 12.3. The molecule has 2 saturated carbocycles. The molecule has 0 unspecified atom stereocenters. The molecule has 3 rings (SSSR count). The Morgan fingerprint density at radius 1 is 1.19 bits per heavy atom. The van der Waals surface area contributed by atoms with E-state index in [1.807, 2.05) is 6.92 Å². The van der Waals surface area contributed by atoms with Crippen LogP contribution in [0.4, 0.5) is 0 Å². The number of hydrogen-bond donors (Lipinski definition) is 0. The molecule has 0 bridgehead atoms. The fraction of sp³-hybridized carbons (Fsp3) is 0.630. The second kappa shape index (κ2) is 10.7. The van der Waals surface area contributed by atoms with Crippen LogP contribution in [0.3, 0.4) is 0 Å². The molecule has 176 valence electrons. The van der Waals surface area contributed by atoms with Gasteiger partial charge in [-0.2, -0.15) is 0 Å². The van der Waals surface area contributed by atoms with Gasteiger partial charge in [-0.15, -0.1) is 0 Å². The first-order valence-electron chi connectivity index (χ1n) is 11.9. The summed E-state index contributed by atoms with van der Waals surface area (Å²) in [4.78, 5) is 23.9. The summed E-state index contributed by atoms with van der Waals surface area (Å²) in [7, 11) is 0. The summed E-state index contributed by atoms with van der Waals surface area (Å²) in [6.07, 6.45) is 6.70. The van der Waals surface area contributed by atoms with Gasteiger partial charge in [0.2, 0.25) is 0 Å². The van der Waals surface area contributed by atoms with Gasteiger partial charge in [0, 0.05) is 22.5 Å². The van der Waals surface area contributed by atoms with Crippen molar-refractivity contribution >= 4 is 34.5 Å². The summed E-state index contributed by atoms with van der Waals surface area (Å²) in [5.74, 6) is 1.23. The van der Waals surface area contributed by atoms with E-state index in [9.17, 15) is 9.59 Å². The predicted molar refractivity (Wildman–Crippen MR) is 135 cm³/mol. The van der Waals surface area contributed by atoms with E-state index in [2.05, 4.69) is 67.6 Å². The Labute approximate surface area is 206 Å². The summed E-state index contributed by atoms with van der Waals surface area (Å²) in [5, 5.41) is 0. The Morgan fingerprint density at radius 3 is 2.50 bits per heavy atom. The van der Waals surface area contributed by atoms with E-state index in [1.54, 1.807) is 6.08 Å². The average Bonchev–Trinajstić information content (AvgIpc) is 2.72. The quantitative estimate of drug-likeness (QED) is 0.234. The van der Waals surface area contributed by atoms with Crippen molar-refractivity contribution in [2.24, 2.45) is 29.1 Å². The molecule has 0 aromatic heterocycles. The maximum absolute atomic E-state index is 12.0. The van der Waals surface area contributed by atoms with Crippen LogP contribution >= 0.6 is 22.6 Å². The standard InChI is InChI=1S/C27H37IO4/c1-6-31-26(30)13-17(2)21-9-12-24-23(15-20-7-10-22(28)11-8-20)25(32-19(4)29)14-18(3)27(24,5)16-21/h7-8,10-11,13,18,21,23-25H,6,9,12,14-16H2,1-5H3/b17-13+/t18-,21-,23+,24+,25-,27+/m1/s1. The number of rotatable bonds is 6. The van der Waals surface area contributed by atoms with E-state index in [0.29, 0.717) is 30.3 Å². The highest BCUT2D eigenvalue weighted by Crippen LogP contribution is 2.58. The number of ether oxygens (including phenoxy) is 2. The lowest BCUT2D eigenvalue weighted by molar-refractivity contribution is -0.165. The number of allylic oxidation sites excluding steroid dienone is 1. The van der Waals surface area contributed by atoms with Gasteiger partial charge in [-0.1, -0.05) is 31.6 Å². The third kappa shape index (κ3) is 5.75. The van der Waals surface area contributed by atoms with Crippen molar-refractivity contribution in [1.29, 1.82) is 0 Å². The molecule has 0 amide bonds. The van der Waals surface area contributed by atoms with Crippen LogP contribution in [0.5, 0.6) is 0 Å². The average molecular weight is 552 g/mol. The highest BCUT2D eigenvalue weighted by molar-refractivity contribution is 14.1. The predicted octanol–water partition coefficient (Wildman–Crippen LogP) is 6.35. The number of hydrogen-bond acceptors (Lipinski definition) is 4. The summed E-state index contributed by atoms with van der Waals surface area (Å²) in [6, 6.07) is 8.73. The largest absolute Gasteiger partial charge is 0.463 e. The minimum Gasteiger partial charge on any atom is -0.463 e. The van der Waals surface area contributed by atoms with Gasteiger partial charge in [0.05, 0.1) is 6.61 Å². The number of benzene rings is 1. The molecule has 32 heavy (non-hydrogen) atoms. The monoisotopic (exact) mass is 552 g/mol. The zero-order valence-corrected chi connectivity index (χ0v) is 22.2. The lowest BCUT2D eigenvalue weighted by Gasteiger charge is -2.57. The van der Waals surface area contributed by atoms with E-state index in [-0.39, 0.29) is 23.5 Å². The third-order valence-electron chi connectivity index (χ3n) is 8.04. The minimum absolute atomic E-state index is 0.0347. The number of esters is 2. The molecular formula is C27H37IO4. The van der Waals surface area contributed by atoms with Crippen molar-refractivity contribution in [3.63, 3.8) is 0 Å². The van der Waals surface area contributed by atoms with E-state index < -0.39 is 0 Å². The number of halogens is 1. The molecule has 0 radical (unpaired) electrons. The molecule has 0 spiro atoms. The van der Waals surface area contributed by atoms with Gasteiger partial charge in [-0.05, 0) is 109 Å². The van der Waals surface area contributed by atoms with Gasteiger partial charge in [-0.3, -0.25) is 4.79 Å². The lowest BCUT2D eigenvalue weighted by Crippen LogP contribution is -2.53. The molecule has 0 N–H and O–H groups in total. The zero-order chi connectivity index (χ0) is 23.5. The van der Waals surface area contributed by atoms with Crippen molar-refractivity contribution < 1.29 is 19.1 Å². The Bertz CT molecular complexity index is 846. The molecule has 2 fully saturated rings. The van der Waals surface area contributed by atoms with Crippen LogP contribution in [0.2, 0.25) is 0 Å². The summed E-state index contributed by atoms with van der Waals surface area (Å²) >= 11 is 2.34. The number of carbonyl (C=O) groups is 2. The molecule has 1 aromatic rings. The lowest BCUT2D eigenvalue weighted by atomic mass is 9.49. The van der Waals surface area contributed by atoms with Crippen molar-refractivity contribution in [3.8, 4) is 0 Å². The van der Waals surface area contributed by atoms with Crippen molar-refractivity contribution in [1.82, 2.24) is 0 Å². The van der Waals surface area contributed by atoms with Gasteiger partial charge >= 0.3 is 11.9 Å². The van der Waals surface area contributed by atoms with Gasteiger partial charge in [0.15, 0.2) is 0 Å². The van der Waals surface area contributed by atoms with Crippen LogP contribution < -0.4 is 0 Å². The summed E-state index contributed by atoms with van der Waals surface area (Å²) in [5.41, 5.74) is 2.59. The van der Waals surface area contributed by atoms with Gasteiger partial charge in [-0.25, -0.2) is 4.79 Å². The maximum Gasteiger partial charge on any atom is 0.330 e. The smallest absolute Gasteiger partial charge is 0.330 e. The normalized spacial score (nSPS) is 32.7. The maximum atomic E-state index is 12.0. The van der Waals surface area contributed by atoms with Gasteiger partial charge in [0.1, 0.15) is 6.10 Å². The first-order valence-corrected chi connectivity index (χ1v) is 13.0. The summed E-state index contributed by atoms with van der Waals surface area (Å²) in [6.45, 7) is 10.6. The van der Waals surface area contributed by atoms with Gasteiger partial charge < -0.3 is 9.47 Å². The molecule has 0 aliphatic heterocycles. The van der Waals surface area contributed by atoms with Crippen molar-refractivity contribution in [2.45, 2.75) is 72.8 Å². The van der Waals surface area contributed by atoms with E-state index in [0.717, 1.165) is 37.7 Å². The molecule has 2 aliphatic carbocycles. The van der Waals surface area contributed by atoms with E-state index >= 15 is 0 Å². The molecule has 5 heteroatoms. The molecule has 2 aliphatic rings. The molecule has 4 nitrogen and oxygen atoms in total. The van der Waals surface area contributed by atoms with Crippen molar-refractivity contribution in [2.75, 3.05) is 6.61 Å². The van der Waals surface area contributed by atoms with E-state index in [1.165, 1.54) is 16.1 Å². The Balaban J connectivity index is 1.86. The van der Waals surface area contributed by atoms with Crippen molar-refractivity contribution in [3.05, 3.63) is 45.0 Å². The number of carbonyl (C=O) groups excluding carboxylic acids is 2. The second-order valence-electron chi connectivity index (χ2n) is 10.0. The van der Waals surface area contributed by atoms with Crippen LogP contribution in [0.25, 0.3) is 0 Å². The fourth-order valence-electron chi connectivity index (χ4n) is 6.21. The third-order valence-corrected chi connectivity index (χ3v) is 8.76. The molecule has 0 heterocycles. The van der Waals surface area contributed by atoms with Crippen LogP contribution in [0, 0.1) is 32.7 Å². The topological polar surface area (TPSA) is 52.6 Å². The van der Waals surface area contributed by atoms with Crippen LogP contribution in [-0.2, 0) is 25.5 Å². The Kier molecular flexibility index (Phi) is 8.45. The van der Waals surface area contributed by atoms with Crippen LogP contribution in [0.1, 0.15) is 65.9 Å². The molecule has 0 saturated heterocycles. The van der Waals surface area contributed by atoms with Crippen LogP contribution in [-0.4, -0.2) is 24.6 Å². The van der Waals surface area contributed by atoms with Crippen LogP contribution in [0.15, 0.2) is 35.9 Å². The van der Waals surface area contributed by atoms with E-state index in [4.69, 9.17) is 9.47 Å². The Hall–Kier alpha value is -1.37. The first kappa shape index (κ1) is 25.3. The second-order valence-corrected chi connectivity index (χ2v) is 11.3. The van der Waals surface area contributed by atoms with Gasteiger partial charge in [0.25, 0.3) is 0 Å². The fourth-order valence-corrected chi connectivity index (χ4v) is 6.57. The minimum atomic E-state index is -0.236. The highest BCUT2D eigenvalue weighted by Gasteiger charge is 2.53. The first-order chi connectivity index (χ1) is 15.1. The zero-order valence-electron chi connectivity index (χ0n) is 20.0. The SMILES string of the molecule is CCOC(=O)/C=C(\C)[C@@H]1CC[C@H]2[C@H](Cc3ccc(I)cc3)[C@H](OC(C)=O)C[C@@H](C)[C@]2(C)C1.